The van der Waals surface area contributed by atoms with Crippen LogP contribution in [-0.2, 0) is 4.79 Å². The smallest absolute Gasteiger partial charge is 0.326 e. The fourth-order valence-electron chi connectivity index (χ4n) is 2.06. The first-order valence-electron chi connectivity index (χ1n) is 5.82. The van der Waals surface area contributed by atoms with Crippen molar-refractivity contribution in [3.8, 4) is 0 Å². The SMILES string of the molecule is CCC(NC(=O)NC1CCC(C)C1)C(=O)O. The Hall–Kier alpha value is -1.26. The molecule has 0 saturated heterocycles. The van der Waals surface area contributed by atoms with Crippen LogP contribution in [-0.4, -0.2) is 29.2 Å². The Balaban J connectivity index is 2.32. The average molecular weight is 228 g/mol. The first-order valence-corrected chi connectivity index (χ1v) is 5.82. The molecule has 1 aliphatic carbocycles. The van der Waals surface area contributed by atoms with Crippen LogP contribution >= 0.6 is 0 Å². The lowest BCUT2D eigenvalue weighted by atomic mass is 10.1. The summed E-state index contributed by atoms with van der Waals surface area (Å²) >= 11 is 0. The van der Waals surface area contributed by atoms with Crippen molar-refractivity contribution in [2.75, 3.05) is 0 Å². The highest BCUT2D eigenvalue weighted by Crippen LogP contribution is 2.24. The minimum absolute atomic E-state index is 0.196. The average Bonchev–Trinajstić information content (AvgIpc) is 2.60. The van der Waals surface area contributed by atoms with E-state index in [1.807, 2.05) is 0 Å². The standard InChI is InChI=1S/C11H20N2O3/c1-3-9(10(14)15)13-11(16)12-8-5-4-7(2)6-8/h7-9H,3-6H2,1-2H3,(H,14,15)(H2,12,13,16). The Morgan fingerprint density at radius 3 is 2.56 bits per heavy atom. The Bertz CT molecular complexity index is 268. The van der Waals surface area contributed by atoms with Crippen molar-refractivity contribution in [1.29, 1.82) is 0 Å². The molecule has 5 nitrogen and oxygen atoms in total. The number of carbonyl (C=O) groups excluding carboxylic acids is 1. The lowest BCUT2D eigenvalue weighted by Gasteiger charge is -2.16. The molecule has 0 aromatic carbocycles. The van der Waals surface area contributed by atoms with E-state index in [0.717, 1.165) is 19.3 Å². The molecule has 1 fully saturated rings. The van der Waals surface area contributed by atoms with Gasteiger partial charge in [0.1, 0.15) is 6.04 Å². The van der Waals surface area contributed by atoms with Crippen LogP contribution in [0.25, 0.3) is 0 Å². The minimum atomic E-state index is -0.988. The monoisotopic (exact) mass is 228 g/mol. The number of hydrogen-bond donors (Lipinski definition) is 3. The summed E-state index contributed by atoms with van der Waals surface area (Å²) in [7, 11) is 0. The number of urea groups is 1. The molecule has 1 aliphatic rings. The maximum absolute atomic E-state index is 11.5. The van der Waals surface area contributed by atoms with Crippen molar-refractivity contribution in [2.24, 2.45) is 5.92 Å². The third kappa shape index (κ3) is 3.72. The van der Waals surface area contributed by atoms with E-state index in [9.17, 15) is 9.59 Å². The summed E-state index contributed by atoms with van der Waals surface area (Å²) in [5.74, 6) is -0.343. The van der Waals surface area contributed by atoms with Crippen LogP contribution < -0.4 is 10.6 Å². The second kappa shape index (κ2) is 5.72. The van der Waals surface area contributed by atoms with Gasteiger partial charge in [0.05, 0.1) is 0 Å². The number of carbonyl (C=O) groups is 2. The van der Waals surface area contributed by atoms with Gasteiger partial charge in [-0.3, -0.25) is 0 Å². The van der Waals surface area contributed by atoms with E-state index in [-0.39, 0.29) is 12.1 Å². The van der Waals surface area contributed by atoms with E-state index in [2.05, 4.69) is 17.6 Å². The number of carboxylic acids is 1. The molecule has 1 rings (SSSR count). The maximum atomic E-state index is 11.5. The fourth-order valence-corrected chi connectivity index (χ4v) is 2.06. The third-order valence-electron chi connectivity index (χ3n) is 3.04. The van der Waals surface area contributed by atoms with Gasteiger partial charge in [-0.1, -0.05) is 13.8 Å². The van der Waals surface area contributed by atoms with Gasteiger partial charge in [0.15, 0.2) is 0 Å². The Morgan fingerprint density at radius 2 is 2.12 bits per heavy atom. The summed E-state index contributed by atoms with van der Waals surface area (Å²) < 4.78 is 0. The van der Waals surface area contributed by atoms with Crippen LogP contribution in [0.5, 0.6) is 0 Å². The molecule has 0 radical (unpaired) electrons. The van der Waals surface area contributed by atoms with E-state index in [1.54, 1.807) is 6.92 Å². The highest BCUT2D eigenvalue weighted by molar-refractivity contribution is 5.82. The number of hydrogen-bond acceptors (Lipinski definition) is 2. The largest absolute Gasteiger partial charge is 0.480 e. The molecule has 5 heteroatoms. The molecule has 16 heavy (non-hydrogen) atoms. The summed E-state index contributed by atoms with van der Waals surface area (Å²) in [5.41, 5.74) is 0. The molecule has 2 amide bonds. The van der Waals surface area contributed by atoms with Gasteiger partial charge in [-0.2, -0.15) is 0 Å². The van der Waals surface area contributed by atoms with Gasteiger partial charge in [-0.05, 0) is 31.6 Å². The van der Waals surface area contributed by atoms with Gasteiger partial charge >= 0.3 is 12.0 Å². The summed E-state index contributed by atoms with van der Waals surface area (Å²) in [4.78, 5) is 22.2. The van der Waals surface area contributed by atoms with Gasteiger partial charge in [-0.15, -0.1) is 0 Å². The maximum Gasteiger partial charge on any atom is 0.326 e. The second-order valence-electron chi connectivity index (χ2n) is 4.53. The summed E-state index contributed by atoms with van der Waals surface area (Å²) in [6.45, 7) is 3.89. The zero-order chi connectivity index (χ0) is 12.1. The van der Waals surface area contributed by atoms with E-state index < -0.39 is 12.0 Å². The topological polar surface area (TPSA) is 78.4 Å². The summed E-state index contributed by atoms with van der Waals surface area (Å²) in [5, 5.41) is 14.1. The lowest BCUT2D eigenvalue weighted by molar-refractivity contribution is -0.139. The normalized spacial score (nSPS) is 26.1. The van der Waals surface area contributed by atoms with E-state index in [4.69, 9.17) is 5.11 Å². The number of carboxylic acid groups (broad SMARTS) is 1. The van der Waals surface area contributed by atoms with Crippen LogP contribution in [0.3, 0.4) is 0 Å². The molecule has 0 spiro atoms. The van der Waals surface area contributed by atoms with Crippen molar-refractivity contribution >= 4 is 12.0 Å². The van der Waals surface area contributed by atoms with Gasteiger partial charge in [0.25, 0.3) is 0 Å². The van der Waals surface area contributed by atoms with Crippen molar-refractivity contribution < 1.29 is 14.7 Å². The van der Waals surface area contributed by atoms with Crippen molar-refractivity contribution in [3.05, 3.63) is 0 Å². The predicted molar refractivity (Wildman–Crippen MR) is 60.2 cm³/mol. The molecule has 3 atom stereocenters. The number of rotatable bonds is 4. The molecule has 92 valence electrons. The molecular weight excluding hydrogens is 208 g/mol. The molecule has 1 saturated carbocycles. The predicted octanol–water partition coefficient (Wildman–Crippen LogP) is 1.34. The number of amides is 2. The first kappa shape index (κ1) is 12.8. The first-order chi connectivity index (χ1) is 7.52. The molecule has 0 bridgehead atoms. The van der Waals surface area contributed by atoms with E-state index >= 15 is 0 Å². The molecule has 0 aromatic rings. The lowest BCUT2D eigenvalue weighted by Crippen LogP contribution is -2.48. The molecular formula is C11H20N2O3. The number of nitrogens with one attached hydrogen (secondary N) is 2. The quantitative estimate of drug-likeness (QED) is 0.679. The second-order valence-corrected chi connectivity index (χ2v) is 4.53. The van der Waals surface area contributed by atoms with E-state index in [0.29, 0.717) is 12.3 Å². The van der Waals surface area contributed by atoms with E-state index in [1.165, 1.54) is 0 Å². The summed E-state index contributed by atoms with van der Waals surface area (Å²) in [6.07, 6.45) is 3.49. The van der Waals surface area contributed by atoms with Crippen LogP contribution in [0, 0.1) is 5.92 Å². The highest BCUT2D eigenvalue weighted by Gasteiger charge is 2.24. The molecule has 0 aliphatic heterocycles. The minimum Gasteiger partial charge on any atom is -0.480 e. The zero-order valence-corrected chi connectivity index (χ0v) is 9.82. The van der Waals surface area contributed by atoms with Crippen LogP contribution in [0.4, 0.5) is 4.79 Å². The highest BCUT2D eigenvalue weighted by atomic mass is 16.4. The van der Waals surface area contributed by atoms with Crippen molar-refractivity contribution in [2.45, 2.75) is 51.6 Å². The van der Waals surface area contributed by atoms with Gasteiger partial charge < -0.3 is 15.7 Å². The Labute approximate surface area is 95.6 Å². The summed E-state index contributed by atoms with van der Waals surface area (Å²) in [6, 6.07) is -0.964. The van der Waals surface area contributed by atoms with Crippen molar-refractivity contribution in [3.63, 3.8) is 0 Å². The van der Waals surface area contributed by atoms with Gasteiger partial charge in [0.2, 0.25) is 0 Å². The fraction of sp³-hybridized carbons (Fsp3) is 0.818. The van der Waals surface area contributed by atoms with Crippen LogP contribution in [0.15, 0.2) is 0 Å². The van der Waals surface area contributed by atoms with Crippen LogP contribution in [0.1, 0.15) is 39.5 Å². The van der Waals surface area contributed by atoms with Crippen LogP contribution in [0.2, 0.25) is 0 Å². The van der Waals surface area contributed by atoms with Gasteiger partial charge in [0, 0.05) is 6.04 Å². The molecule has 0 heterocycles. The third-order valence-corrected chi connectivity index (χ3v) is 3.04. The number of aliphatic carboxylic acids is 1. The Morgan fingerprint density at radius 1 is 1.44 bits per heavy atom. The molecule has 0 aromatic heterocycles. The van der Waals surface area contributed by atoms with Crippen molar-refractivity contribution in [1.82, 2.24) is 10.6 Å². The molecule has 3 unspecified atom stereocenters. The molecule has 3 N–H and O–H groups in total. The zero-order valence-electron chi connectivity index (χ0n) is 9.82. The Kier molecular flexibility index (Phi) is 4.58. The van der Waals surface area contributed by atoms with Gasteiger partial charge in [-0.25, -0.2) is 9.59 Å².